The Morgan fingerprint density at radius 1 is 1.30 bits per heavy atom. The van der Waals surface area contributed by atoms with E-state index < -0.39 is 11.7 Å². The maximum Gasteiger partial charge on any atom is 0.257 e. The molecule has 0 aromatic heterocycles. The number of hydrogen-bond donors (Lipinski definition) is 2. The van der Waals surface area contributed by atoms with Gasteiger partial charge in [0, 0.05) is 16.8 Å². The van der Waals surface area contributed by atoms with E-state index in [-0.39, 0.29) is 16.9 Å². The van der Waals surface area contributed by atoms with Crippen molar-refractivity contribution in [1.29, 1.82) is 0 Å². The molecule has 0 atom stereocenters. The van der Waals surface area contributed by atoms with Crippen LogP contribution in [0, 0.1) is 5.82 Å². The fourth-order valence-corrected chi connectivity index (χ4v) is 1.83. The van der Waals surface area contributed by atoms with E-state index in [1.165, 1.54) is 37.4 Å². The largest absolute Gasteiger partial charge is 0.497 e. The Morgan fingerprint density at radius 2 is 2.05 bits per heavy atom. The normalized spacial score (nSPS) is 10.2. The number of rotatable bonds is 3. The second-order valence-electron chi connectivity index (χ2n) is 4.03. The van der Waals surface area contributed by atoms with Crippen LogP contribution < -0.4 is 15.8 Å². The second kappa shape index (κ2) is 5.79. The molecule has 0 aliphatic rings. The van der Waals surface area contributed by atoms with Gasteiger partial charge in [0.2, 0.25) is 0 Å². The topological polar surface area (TPSA) is 64.3 Å². The molecule has 0 spiro atoms. The Bertz CT molecular complexity index is 662. The summed E-state index contributed by atoms with van der Waals surface area (Å²) in [5.41, 5.74) is 6.22. The number of anilines is 2. The molecule has 3 N–H and O–H groups in total. The fraction of sp³-hybridized carbons (Fsp3) is 0.0714. The van der Waals surface area contributed by atoms with Crippen LogP contribution in [0.4, 0.5) is 15.8 Å². The zero-order valence-corrected chi connectivity index (χ0v) is 11.4. The highest BCUT2D eigenvalue weighted by atomic mass is 35.5. The number of halogens is 2. The van der Waals surface area contributed by atoms with Crippen molar-refractivity contribution in [2.24, 2.45) is 0 Å². The molecule has 0 aliphatic heterocycles. The highest BCUT2D eigenvalue weighted by Gasteiger charge is 2.13. The fourth-order valence-electron chi connectivity index (χ4n) is 1.66. The van der Waals surface area contributed by atoms with E-state index in [0.717, 1.165) is 0 Å². The van der Waals surface area contributed by atoms with Crippen molar-refractivity contribution >= 4 is 28.9 Å². The molecule has 0 bridgehead atoms. The monoisotopic (exact) mass is 294 g/mol. The van der Waals surface area contributed by atoms with E-state index in [1.807, 2.05) is 0 Å². The zero-order chi connectivity index (χ0) is 14.7. The van der Waals surface area contributed by atoms with Crippen LogP contribution in [0.5, 0.6) is 5.75 Å². The Kier molecular flexibility index (Phi) is 4.10. The quantitative estimate of drug-likeness (QED) is 0.854. The molecular formula is C14H12ClFN2O2. The first-order valence-corrected chi connectivity index (χ1v) is 6.09. The lowest BCUT2D eigenvalue weighted by Crippen LogP contribution is -2.15. The molecular weight excluding hydrogens is 283 g/mol. The summed E-state index contributed by atoms with van der Waals surface area (Å²) in [6.45, 7) is 0. The maximum absolute atomic E-state index is 13.5. The van der Waals surface area contributed by atoms with Gasteiger partial charge in [-0.15, -0.1) is 0 Å². The molecule has 6 heteroatoms. The van der Waals surface area contributed by atoms with Gasteiger partial charge in [-0.2, -0.15) is 0 Å². The average Bonchev–Trinajstić information content (AvgIpc) is 2.42. The molecule has 2 rings (SSSR count). The molecule has 2 aromatic carbocycles. The second-order valence-corrected chi connectivity index (χ2v) is 4.47. The van der Waals surface area contributed by atoms with E-state index in [2.05, 4.69) is 5.32 Å². The predicted molar refractivity (Wildman–Crippen MR) is 76.8 cm³/mol. The van der Waals surface area contributed by atoms with Crippen LogP contribution in [-0.2, 0) is 0 Å². The molecule has 0 unspecified atom stereocenters. The lowest BCUT2D eigenvalue weighted by molar-refractivity contribution is 0.102. The number of benzene rings is 2. The smallest absolute Gasteiger partial charge is 0.257 e. The minimum absolute atomic E-state index is 0.00211. The molecule has 0 radical (unpaired) electrons. The molecule has 1 amide bonds. The number of ether oxygens (including phenoxy) is 1. The SMILES string of the molecule is COc1ccc(C(=O)Nc2cc(Cl)ccc2F)c(N)c1. The Balaban J connectivity index is 2.26. The van der Waals surface area contributed by atoms with Crippen molar-refractivity contribution in [3.63, 3.8) is 0 Å². The minimum atomic E-state index is -0.574. The highest BCUT2D eigenvalue weighted by Crippen LogP contribution is 2.23. The first-order valence-electron chi connectivity index (χ1n) is 5.71. The summed E-state index contributed by atoms with van der Waals surface area (Å²) in [7, 11) is 1.50. The first-order chi connectivity index (χ1) is 9.51. The van der Waals surface area contributed by atoms with E-state index in [1.54, 1.807) is 6.07 Å². The van der Waals surface area contributed by atoms with Gasteiger partial charge >= 0.3 is 0 Å². The molecule has 2 aromatic rings. The number of nitrogen functional groups attached to an aromatic ring is 1. The Labute approximate surface area is 120 Å². The molecule has 0 aliphatic carbocycles. The summed E-state index contributed by atoms with van der Waals surface area (Å²) in [5.74, 6) is -0.561. The zero-order valence-electron chi connectivity index (χ0n) is 10.6. The summed E-state index contributed by atoms with van der Waals surface area (Å²) in [6.07, 6.45) is 0. The minimum Gasteiger partial charge on any atom is -0.497 e. The van der Waals surface area contributed by atoms with Crippen LogP contribution >= 0.6 is 11.6 Å². The summed E-state index contributed by atoms with van der Waals surface area (Å²) in [5, 5.41) is 2.75. The van der Waals surface area contributed by atoms with E-state index in [0.29, 0.717) is 10.8 Å². The van der Waals surface area contributed by atoms with Gasteiger partial charge in [-0.05, 0) is 30.3 Å². The molecule has 4 nitrogen and oxygen atoms in total. The van der Waals surface area contributed by atoms with E-state index in [4.69, 9.17) is 22.1 Å². The van der Waals surface area contributed by atoms with Gasteiger partial charge in [-0.3, -0.25) is 4.79 Å². The van der Waals surface area contributed by atoms with Crippen LogP contribution in [0.1, 0.15) is 10.4 Å². The highest BCUT2D eigenvalue weighted by molar-refractivity contribution is 6.31. The summed E-state index contributed by atoms with van der Waals surface area (Å²) in [4.78, 5) is 12.1. The lowest BCUT2D eigenvalue weighted by atomic mass is 10.1. The third-order valence-corrected chi connectivity index (χ3v) is 2.92. The number of carbonyl (C=O) groups excluding carboxylic acids is 1. The summed E-state index contributed by atoms with van der Waals surface area (Å²) in [6, 6.07) is 8.52. The average molecular weight is 295 g/mol. The molecule has 0 saturated carbocycles. The van der Waals surface area contributed by atoms with Gasteiger partial charge < -0.3 is 15.8 Å². The van der Waals surface area contributed by atoms with Crippen molar-refractivity contribution < 1.29 is 13.9 Å². The standard InChI is InChI=1S/C14H12ClFN2O2/c1-20-9-3-4-10(12(17)7-9)14(19)18-13-6-8(15)2-5-11(13)16/h2-7H,17H2,1H3,(H,18,19). The Hall–Kier alpha value is -2.27. The van der Waals surface area contributed by atoms with E-state index >= 15 is 0 Å². The third-order valence-electron chi connectivity index (χ3n) is 2.68. The first kappa shape index (κ1) is 14.1. The Morgan fingerprint density at radius 3 is 2.70 bits per heavy atom. The van der Waals surface area contributed by atoms with Gasteiger partial charge in [-0.1, -0.05) is 11.6 Å². The van der Waals surface area contributed by atoms with Crippen molar-refractivity contribution in [1.82, 2.24) is 0 Å². The number of carbonyl (C=O) groups is 1. The predicted octanol–water partition coefficient (Wildman–Crippen LogP) is 3.32. The van der Waals surface area contributed by atoms with Gasteiger partial charge in [0.05, 0.1) is 18.4 Å². The number of nitrogens with one attached hydrogen (secondary N) is 1. The molecule has 0 fully saturated rings. The van der Waals surface area contributed by atoms with Gasteiger partial charge in [-0.25, -0.2) is 4.39 Å². The van der Waals surface area contributed by atoms with Gasteiger partial charge in [0.1, 0.15) is 11.6 Å². The van der Waals surface area contributed by atoms with Crippen molar-refractivity contribution in [2.75, 3.05) is 18.2 Å². The molecule has 0 heterocycles. The van der Waals surface area contributed by atoms with Crippen molar-refractivity contribution in [3.8, 4) is 5.75 Å². The molecule has 104 valence electrons. The number of amides is 1. The van der Waals surface area contributed by atoms with Crippen LogP contribution in [0.3, 0.4) is 0 Å². The molecule has 20 heavy (non-hydrogen) atoms. The van der Waals surface area contributed by atoms with Crippen LogP contribution in [-0.4, -0.2) is 13.0 Å². The van der Waals surface area contributed by atoms with Crippen LogP contribution in [0.25, 0.3) is 0 Å². The number of hydrogen-bond acceptors (Lipinski definition) is 3. The molecule has 0 saturated heterocycles. The number of methoxy groups -OCH3 is 1. The van der Waals surface area contributed by atoms with Crippen LogP contribution in [0.2, 0.25) is 5.02 Å². The van der Waals surface area contributed by atoms with E-state index in [9.17, 15) is 9.18 Å². The van der Waals surface area contributed by atoms with Crippen molar-refractivity contribution in [2.45, 2.75) is 0 Å². The van der Waals surface area contributed by atoms with Gasteiger partial charge in [0.25, 0.3) is 5.91 Å². The third kappa shape index (κ3) is 3.00. The number of nitrogens with two attached hydrogens (primary N) is 1. The lowest BCUT2D eigenvalue weighted by Gasteiger charge is -2.10. The van der Waals surface area contributed by atoms with Gasteiger partial charge in [0.15, 0.2) is 0 Å². The van der Waals surface area contributed by atoms with Crippen LogP contribution in [0.15, 0.2) is 36.4 Å². The summed E-state index contributed by atoms with van der Waals surface area (Å²) >= 11 is 5.76. The summed E-state index contributed by atoms with van der Waals surface area (Å²) < 4.78 is 18.5. The maximum atomic E-state index is 13.5. The van der Waals surface area contributed by atoms with Crippen molar-refractivity contribution in [3.05, 3.63) is 52.8 Å².